The summed E-state index contributed by atoms with van der Waals surface area (Å²) in [4.78, 5) is 21.1. The number of esters is 1. The van der Waals surface area contributed by atoms with E-state index in [9.17, 15) is 9.59 Å². The molecule has 0 aliphatic heterocycles. The summed E-state index contributed by atoms with van der Waals surface area (Å²) in [6.45, 7) is 0.465. The first-order chi connectivity index (χ1) is 7.31. The smallest absolute Gasteiger partial charge is 0.305 e. The van der Waals surface area contributed by atoms with Crippen molar-refractivity contribution in [3.8, 4) is 0 Å². The van der Waals surface area contributed by atoms with E-state index in [-0.39, 0.29) is 5.97 Å². The van der Waals surface area contributed by atoms with Crippen molar-refractivity contribution in [1.29, 1.82) is 0 Å². The summed E-state index contributed by atoms with van der Waals surface area (Å²) < 4.78 is 6.90. The highest BCUT2D eigenvalue weighted by atomic mass is 127. The maximum absolute atomic E-state index is 11.1. The van der Waals surface area contributed by atoms with Gasteiger partial charge in [0.1, 0.15) is 6.29 Å². The fourth-order valence-corrected chi connectivity index (χ4v) is 1.41. The van der Waals surface area contributed by atoms with Crippen molar-refractivity contribution in [2.24, 2.45) is 0 Å². The molecule has 0 saturated carbocycles. The zero-order valence-corrected chi connectivity index (χ0v) is 10.9. The molecule has 86 valence electrons. The van der Waals surface area contributed by atoms with Crippen LogP contribution in [0.25, 0.3) is 0 Å². The van der Waals surface area contributed by atoms with Gasteiger partial charge in [-0.2, -0.15) is 0 Å². The van der Waals surface area contributed by atoms with E-state index >= 15 is 0 Å². The van der Waals surface area contributed by atoms with Crippen molar-refractivity contribution in [1.82, 2.24) is 0 Å². The predicted octanol–water partition coefficient (Wildman–Crippen LogP) is 3.02. The standard InChI is InChI=1S/C11H17IO3/c12-8-4-6-10-15-11(14)7-3-1-2-5-9-13/h4,8-9H,1-3,5-7,10H2/b8-4+. The summed E-state index contributed by atoms with van der Waals surface area (Å²) in [5.41, 5.74) is 0. The Hall–Kier alpha value is -0.390. The lowest BCUT2D eigenvalue weighted by atomic mass is 10.1. The Labute approximate surface area is 104 Å². The molecule has 0 aliphatic carbocycles. The van der Waals surface area contributed by atoms with Crippen LogP contribution in [0.15, 0.2) is 10.2 Å². The number of carbonyl (C=O) groups is 2. The van der Waals surface area contributed by atoms with Crippen molar-refractivity contribution in [3.63, 3.8) is 0 Å². The molecule has 0 aromatic heterocycles. The van der Waals surface area contributed by atoms with Crippen molar-refractivity contribution >= 4 is 34.8 Å². The van der Waals surface area contributed by atoms with Crippen LogP contribution in [0.3, 0.4) is 0 Å². The molecule has 4 heteroatoms. The highest BCUT2D eigenvalue weighted by Gasteiger charge is 2.01. The van der Waals surface area contributed by atoms with E-state index in [1.54, 1.807) is 0 Å². The lowest BCUT2D eigenvalue weighted by Gasteiger charge is -2.02. The van der Waals surface area contributed by atoms with Gasteiger partial charge < -0.3 is 9.53 Å². The lowest BCUT2D eigenvalue weighted by molar-refractivity contribution is -0.143. The molecule has 0 bridgehead atoms. The maximum atomic E-state index is 11.1. The van der Waals surface area contributed by atoms with Crippen molar-refractivity contribution in [2.45, 2.75) is 38.5 Å². The first-order valence-corrected chi connectivity index (χ1v) is 6.40. The maximum Gasteiger partial charge on any atom is 0.305 e. The van der Waals surface area contributed by atoms with E-state index < -0.39 is 0 Å². The molecule has 0 fully saturated rings. The first kappa shape index (κ1) is 14.6. The molecule has 0 unspecified atom stereocenters. The minimum absolute atomic E-state index is 0.136. The van der Waals surface area contributed by atoms with Crippen LogP contribution < -0.4 is 0 Å². The van der Waals surface area contributed by atoms with E-state index in [1.165, 1.54) is 0 Å². The molecule has 0 N–H and O–H groups in total. The molecule has 0 aromatic rings. The Bertz CT molecular complexity index is 202. The molecule has 0 aliphatic rings. The van der Waals surface area contributed by atoms with E-state index in [0.29, 0.717) is 19.4 Å². The average Bonchev–Trinajstić information content (AvgIpc) is 2.24. The Balaban J connectivity index is 3.22. The highest BCUT2D eigenvalue weighted by molar-refractivity contribution is 14.1. The zero-order chi connectivity index (χ0) is 11.4. The molecule has 0 saturated heterocycles. The number of carbonyl (C=O) groups excluding carboxylic acids is 2. The van der Waals surface area contributed by atoms with Crippen molar-refractivity contribution in [2.75, 3.05) is 6.61 Å². The highest BCUT2D eigenvalue weighted by Crippen LogP contribution is 2.03. The average molecular weight is 324 g/mol. The molecule has 3 nitrogen and oxygen atoms in total. The van der Waals surface area contributed by atoms with Gasteiger partial charge in [0.15, 0.2) is 0 Å². The summed E-state index contributed by atoms with van der Waals surface area (Å²) >= 11 is 2.13. The summed E-state index contributed by atoms with van der Waals surface area (Å²) in [6, 6.07) is 0. The Morgan fingerprint density at radius 1 is 1.20 bits per heavy atom. The Kier molecular flexibility index (Phi) is 11.4. The molecular weight excluding hydrogens is 307 g/mol. The molecule has 0 aromatic carbocycles. The second-order valence-corrected chi connectivity index (χ2v) is 3.86. The van der Waals surface area contributed by atoms with Crippen LogP contribution >= 0.6 is 22.6 Å². The van der Waals surface area contributed by atoms with Gasteiger partial charge in [0.05, 0.1) is 6.61 Å². The largest absolute Gasteiger partial charge is 0.465 e. The van der Waals surface area contributed by atoms with Gasteiger partial charge >= 0.3 is 5.97 Å². The molecule has 0 rings (SSSR count). The van der Waals surface area contributed by atoms with Crippen LogP contribution in [-0.2, 0) is 14.3 Å². The summed E-state index contributed by atoms with van der Waals surface area (Å²) in [6.07, 6.45) is 7.30. The summed E-state index contributed by atoms with van der Waals surface area (Å²) in [5, 5.41) is 0. The van der Waals surface area contributed by atoms with Crippen LogP contribution in [0.2, 0.25) is 0 Å². The normalized spacial score (nSPS) is 10.5. The minimum atomic E-state index is -0.136. The second-order valence-electron chi connectivity index (χ2n) is 3.14. The molecule has 0 atom stereocenters. The molecular formula is C11H17IO3. The van der Waals surface area contributed by atoms with E-state index in [1.807, 2.05) is 10.2 Å². The van der Waals surface area contributed by atoms with Crippen LogP contribution in [-0.4, -0.2) is 18.9 Å². The summed E-state index contributed by atoms with van der Waals surface area (Å²) in [5.74, 6) is -0.136. The van der Waals surface area contributed by atoms with Gasteiger partial charge in [0, 0.05) is 19.3 Å². The van der Waals surface area contributed by atoms with Crippen LogP contribution in [0.1, 0.15) is 38.5 Å². The number of rotatable bonds is 9. The van der Waals surface area contributed by atoms with Crippen molar-refractivity contribution in [3.05, 3.63) is 10.2 Å². The van der Waals surface area contributed by atoms with Crippen LogP contribution in [0.4, 0.5) is 0 Å². The van der Waals surface area contributed by atoms with Gasteiger partial charge in [-0.1, -0.05) is 35.1 Å². The monoisotopic (exact) mass is 324 g/mol. The molecule has 0 heterocycles. The number of hydrogen-bond acceptors (Lipinski definition) is 3. The van der Waals surface area contributed by atoms with Gasteiger partial charge in [-0.25, -0.2) is 0 Å². The number of unbranched alkanes of at least 4 members (excludes halogenated alkanes) is 3. The molecule has 0 amide bonds. The van der Waals surface area contributed by atoms with Crippen LogP contribution in [0, 0.1) is 0 Å². The van der Waals surface area contributed by atoms with E-state index in [4.69, 9.17) is 4.74 Å². The number of ether oxygens (including phenoxy) is 1. The Morgan fingerprint density at radius 2 is 2.00 bits per heavy atom. The van der Waals surface area contributed by atoms with E-state index in [0.717, 1.165) is 32.0 Å². The first-order valence-electron chi connectivity index (χ1n) is 5.15. The second kappa shape index (κ2) is 11.7. The Morgan fingerprint density at radius 3 is 2.67 bits per heavy atom. The third-order valence-electron chi connectivity index (χ3n) is 1.84. The summed E-state index contributed by atoms with van der Waals surface area (Å²) in [7, 11) is 0. The van der Waals surface area contributed by atoms with Crippen molar-refractivity contribution < 1.29 is 14.3 Å². The third-order valence-corrected chi connectivity index (χ3v) is 2.35. The minimum Gasteiger partial charge on any atom is -0.465 e. The third kappa shape index (κ3) is 11.5. The molecule has 15 heavy (non-hydrogen) atoms. The quantitative estimate of drug-likeness (QED) is 0.283. The SMILES string of the molecule is O=CCCCCCC(=O)OCC/C=C/I. The fraction of sp³-hybridized carbons (Fsp3) is 0.636. The number of halogens is 1. The molecule has 0 spiro atoms. The molecule has 0 radical (unpaired) electrons. The number of hydrogen-bond donors (Lipinski definition) is 0. The number of aldehydes is 1. The van der Waals surface area contributed by atoms with Gasteiger partial charge in [-0.15, -0.1) is 0 Å². The lowest BCUT2D eigenvalue weighted by Crippen LogP contribution is -2.04. The van der Waals surface area contributed by atoms with Gasteiger partial charge in [0.2, 0.25) is 0 Å². The van der Waals surface area contributed by atoms with E-state index in [2.05, 4.69) is 22.6 Å². The fourth-order valence-electron chi connectivity index (χ4n) is 1.05. The van der Waals surface area contributed by atoms with Gasteiger partial charge in [-0.3, -0.25) is 4.79 Å². The van der Waals surface area contributed by atoms with Crippen LogP contribution in [0.5, 0.6) is 0 Å². The zero-order valence-electron chi connectivity index (χ0n) is 8.78. The predicted molar refractivity (Wildman–Crippen MR) is 67.9 cm³/mol. The topological polar surface area (TPSA) is 43.4 Å². The van der Waals surface area contributed by atoms with Gasteiger partial charge in [-0.05, 0) is 16.9 Å². The van der Waals surface area contributed by atoms with Gasteiger partial charge in [0.25, 0.3) is 0 Å².